The van der Waals surface area contributed by atoms with Gasteiger partial charge in [0.15, 0.2) is 5.41 Å². The number of carboxylic acid groups (broad SMARTS) is 1. The molecule has 90 valence electrons. The van der Waals surface area contributed by atoms with Gasteiger partial charge in [0.2, 0.25) is 0 Å². The number of carbonyl (C=O) groups is 2. The number of hydrogen-bond donors (Lipinski definition) is 1. The van der Waals surface area contributed by atoms with E-state index in [0.29, 0.717) is 0 Å². The summed E-state index contributed by atoms with van der Waals surface area (Å²) >= 11 is 0. The fraction of sp³-hybridized carbons (Fsp3) is 0.667. The third kappa shape index (κ3) is 1.96. The van der Waals surface area contributed by atoms with Gasteiger partial charge in [0.25, 0.3) is 0 Å². The Bertz CT molecular complexity index is 291. The first-order valence-electron chi connectivity index (χ1n) is 5.52. The van der Waals surface area contributed by atoms with Crippen molar-refractivity contribution in [2.45, 2.75) is 32.1 Å². The minimum Gasteiger partial charge on any atom is -0.480 e. The Morgan fingerprint density at radius 1 is 1.50 bits per heavy atom. The summed E-state index contributed by atoms with van der Waals surface area (Å²) in [4.78, 5) is 23.3. The molecule has 0 aromatic heterocycles. The monoisotopic (exact) mass is 226 g/mol. The van der Waals surface area contributed by atoms with Crippen LogP contribution in [0.1, 0.15) is 32.1 Å². The number of esters is 1. The van der Waals surface area contributed by atoms with Gasteiger partial charge in [-0.05, 0) is 25.2 Å². The molecule has 0 heterocycles. The lowest BCUT2D eigenvalue weighted by molar-refractivity contribution is -0.171. The highest BCUT2D eigenvalue weighted by Crippen LogP contribution is 2.43. The molecule has 1 aliphatic rings. The van der Waals surface area contributed by atoms with E-state index < -0.39 is 17.4 Å². The molecule has 1 N–H and O–H groups in total. The fourth-order valence-corrected chi connectivity index (χ4v) is 2.59. The van der Waals surface area contributed by atoms with Crippen LogP contribution in [-0.2, 0) is 14.3 Å². The van der Waals surface area contributed by atoms with Crippen LogP contribution in [0.2, 0.25) is 0 Å². The summed E-state index contributed by atoms with van der Waals surface area (Å²) < 4.78 is 4.67. The van der Waals surface area contributed by atoms with E-state index in [0.717, 1.165) is 25.7 Å². The highest BCUT2D eigenvalue weighted by molar-refractivity contribution is 5.99. The average Bonchev–Trinajstić information content (AvgIpc) is 2.78. The van der Waals surface area contributed by atoms with Crippen molar-refractivity contribution in [3.63, 3.8) is 0 Å². The number of rotatable bonds is 5. The van der Waals surface area contributed by atoms with E-state index in [1.54, 1.807) is 0 Å². The average molecular weight is 226 g/mol. The number of allylic oxidation sites excluding steroid dienone is 1. The number of hydrogen-bond acceptors (Lipinski definition) is 3. The SMILES string of the molecule is C=CCC(C(=O)O)(C(=O)OC)C1CCCC1. The number of ether oxygens (including phenoxy) is 1. The molecule has 16 heavy (non-hydrogen) atoms. The maximum absolute atomic E-state index is 11.8. The van der Waals surface area contributed by atoms with Gasteiger partial charge in [-0.3, -0.25) is 9.59 Å². The summed E-state index contributed by atoms with van der Waals surface area (Å²) in [6.07, 6.45) is 5.13. The minimum absolute atomic E-state index is 0.129. The van der Waals surface area contributed by atoms with E-state index in [1.165, 1.54) is 13.2 Å². The van der Waals surface area contributed by atoms with E-state index >= 15 is 0 Å². The van der Waals surface area contributed by atoms with Crippen molar-refractivity contribution in [1.29, 1.82) is 0 Å². The van der Waals surface area contributed by atoms with Gasteiger partial charge in [-0.25, -0.2) is 0 Å². The summed E-state index contributed by atoms with van der Waals surface area (Å²) in [5.41, 5.74) is -1.42. The predicted octanol–water partition coefficient (Wildman–Crippen LogP) is 2.00. The molecule has 1 saturated carbocycles. The van der Waals surface area contributed by atoms with Gasteiger partial charge in [-0.2, -0.15) is 0 Å². The van der Waals surface area contributed by atoms with Gasteiger partial charge in [-0.1, -0.05) is 18.9 Å². The normalized spacial score (nSPS) is 20.1. The molecular formula is C12H18O4. The Hall–Kier alpha value is -1.32. The van der Waals surface area contributed by atoms with Gasteiger partial charge in [-0.15, -0.1) is 6.58 Å². The number of carboxylic acids is 1. The predicted molar refractivity (Wildman–Crippen MR) is 58.9 cm³/mol. The quantitative estimate of drug-likeness (QED) is 0.442. The van der Waals surface area contributed by atoms with E-state index in [4.69, 9.17) is 0 Å². The molecule has 1 unspecified atom stereocenters. The molecule has 0 amide bonds. The van der Waals surface area contributed by atoms with Gasteiger partial charge >= 0.3 is 11.9 Å². The largest absolute Gasteiger partial charge is 0.480 e. The molecule has 0 bridgehead atoms. The molecular weight excluding hydrogens is 208 g/mol. The second-order valence-corrected chi connectivity index (χ2v) is 4.24. The zero-order valence-electron chi connectivity index (χ0n) is 9.57. The molecule has 0 radical (unpaired) electrons. The lowest BCUT2D eigenvalue weighted by atomic mass is 9.72. The van der Waals surface area contributed by atoms with Crippen molar-refractivity contribution in [3.8, 4) is 0 Å². The summed E-state index contributed by atoms with van der Waals surface area (Å²) in [6.45, 7) is 3.54. The molecule has 0 aliphatic heterocycles. The number of carbonyl (C=O) groups excluding carboxylic acids is 1. The second-order valence-electron chi connectivity index (χ2n) is 4.24. The molecule has 4 nitrogen and oxygen atoms in total. The molecule has 1 aliphatic carbocycles. The van der Waals surface area contributed by atoms with Gasteiger partial charge < -0.3 is 9.84 Å². The van der Waals surface area contributed by atoms with Crippen molar-refractivity contribution in [1.82, 2.24) is 0 Å². The van der Waals surface area contributed by atoms with Gasteiger partial charge in [0, 0.05) is 0 Å². The summed E-state index contributed by atoms with van der Waals surface area (Å²) in [7, 11) is 1.23. The standard InChI is InChI=1S/C12H18O4/c1-3-8-12(10(13)14,11(15)16-2)9-6-4-5-7-9/h3,9H,1,4-8H2,2H3,(H,13,14). The van der Waals surface area contributed by atoms with Crippen LogP contribution >= 0.6 is 0 Å². The summed E-state index contributed by atoms with van der Waals surface area (Å²) in [6, 6.07) is 0. The first kappa shape index (κ1) is 12.7. The molecule has 0 aromatic rings. The number of methoxy groups -OCH3 is 1. The van der Waals surface area contributed by atoms with E-state index in [-0.39, 0.29) is 12.3 Å². The Morgan fingerprint density at radius 3 is 2.44 bits per heavy atom. The molecule has 0 aromatic carbocycles. The van der Waals surface area contributed by atoms with Crippen molar-refractivity contribution in [2.75, 3.05) is 7.11 Å². The van der Waals surface area contributed by atoms with Crippen LogP contribution in [0.25, 0.3) is 0 Å². The first-order valence-corrected chi connectivity index (χ1v) is 5.52. The zero-order chi connectivity index (χ0) is 12.2. The Balaban J connectivity index is 3.08. The fourth-order valence-electron chi connectivity index (χ4n) is 2.59. The van der Waals surface area contributed by atoms with Crippen LogP contribution in [0, 0.1) is 11.3 Å². The van der Waals surface area contributed by atoms with Crippen LogP contribution in [0.5, 0.6) is 0 Å². The van der Waals surface area contributed by atoms with Crippen LogP contribution in [-0.4, -0.2) is 24.2 Å². The zero-order valence-corrected chi connectivity index (χ0v) is 9.57. The molecule has 1 rings (SSSR count). The molecule has 4 heteroatoms. The van der Waals surface area contributed by atoms with Gasteiger partial charge in [0.05, 0.1) is 7.11 Å². The smallest absolute Gasteiger partial charge is 0.323 e. The van der Waals surface area contributed by atoms with Crippen LogP contribution in [0.15, 0.2) is 12.7 Å². The third-order valence-electron chi connectivity index (χ3n) is 3.45. The lowest BCUT2D eigenvalue weighted by Gasteiger charge is -2.31. The maximum atomic E-state index is 11.8. The summed E-state index contributed by atoms with van der Waals surface area (Å²) in [5.74, 6) is -1.87. The van der Waals surface area contributed by atoms with E-state index in [2.05, 4.69) is 11.3 Å². The van der Waals surface area contributed by atoms with E-state index in [9.17, 15) is 14.7 Å². The first-order chi connectivity index (χ1) is 7.59. The minimum atomic E-state index is -1.42. The van der Waals surface area contributed by atoms with Crippen LogP contribution in [0.4, 0.5) is 0 Å². The molecule has 0 spiro atoms. The van der Waals surface area contributed by atoms with Gasteiger partial charge in [0.1, 0.15) is 0 Å². The third-order valence-corrected chi connectivity index (χ3v) is 3.45. The van der Waals surface area contributed by atoms with Crippen molar-refractivity contribution >= 4 is 11.9 Å². The topological polar surface area (TPSA) is 63.6 Å². The van der Waals surface area contributed by atoms with E-state index in [1.807, 2.05) is 0 Å². The highest BCUT2D eigenvalue weighted by Gasteiger charge is 2.53. The van der Waals surface area contributed by atoms with Crippen LogP contribution < -0.4 is 0 Å². The highest BCUT2D eigenvalue weighted by atomic mass is 16.5. The molecule has 1 atom stereocenters. The maximum Gasteiger partial charge on any atom is 0.323 e. The van der Waals surface area contributed by atoms with Crippen molar-refractivity contribution < 1.29 is 19.4 Å². The Labute approximate surface area is 95.3 Å². The Morgan fingerprint density at radius 2 is 2.06 bits per heavy atom. The molecule has 1 fully saturated rings. The molecule has 0 saturated heterocycles. The second kappa shape index (κ2) is 5.14. The summed E-state index contributed by atoms with van der Waals surface area (Å²) in [5, 5.41) is 9.37. The lowest BCUT2D eigenvalue weighted by Crippen LogP contribution is -2.45. The Kier molecular flexibility index (Phi) is 4.10. The van der Waals surface area contributed by atoms with Crippen LogP contribution in [0.3, 0.4) is 0 Å². The van der Waals surface area contributed by atoms with Crippen molar-refractivity contribution in [2.24, 2.45) is 11.3 Å². The van der Waals surface area contributed by atoms with Crippen molar-refractivity contribution in [3.05, 3.63) is 12.7 Å². The number of aliphatic carboxylic acids is 1.